The monoisotopic (exact) mass is 316 g/mol. The van der Waals surface area contributed by atoms with Gasteiger partial charge in [0.25, 0.3) is 0 Å². The second kappa shape index (κ2) is 5.78. The van der Waals surface area contributed by atoms with Crippen LogP contribution in [0.2, 0.25) is 0 Å². The summed E-state index contributed by atoms with van der Waals surface area (Å²) >= 11 is 0. The first-order valence-corrected chi connectivity index (χ1v) is 7.48. The third-order valence-electron chi connectivity index (χ3n) is 2.94. The summed E-state index contributed by atoms with van der Waals surface area (Å²) in [5.41, 5.74) is -0.274. The van der Waals surface area contributed by atoms with Crippen molar-refractivity contribution in [2.45, 2.75) is 17.4 Å². The van der Waals surface area contributed by atoms with Gasteiger partial charge >= 0.3 is 5.97 Å². The van der Waals surface area contributed by atoms with Crippen LogP contribution in [0, 0.1) is 5.82 Å². The van der Waals surface area contributed by atoms with Crippen LogP contribution in [0.25, 0.3) is 0 Å². The van der Waals surface area contributed by atoms with Crippen molar-refractivity contribution in [2.24, 2.45) is 0 Å². The molecule has 1 heterocycles. The average Bonchev–Trinajstić information content (AvgIpc) is 2.82. The Labute approximate surface area is 120 Å². The van der Waals surface area contributed by atoms with Gasteiger partial charge in [-0.2, -0.15) is 0 Å². The number of hydrogen-bond acceptors (Lipinski definition) is 5. The van der Waals surface area contributed by atoms with Crippen LogP contribution in [0.3, 0.4) is 0 Å². The maximum Gasteiger partial charge on any atom is 0.339 e. The van der Waals surface area contributed by atoms with E-state index in [9.17, 15) is 22.4 Å². The van der Waals surface area contributed by atoms with Crippen LogP contribution in [-0.2, 0) is 19.6 Å². The van der Waals surface area contributed by atoms with Gasteiger partial charge in [-0.15, -0.1) is 0 Å². The lowest BCUT2D eigenvalue weighted by Crippen LogP contribution is -2.37. The maximum atomic E-state index is 13.3. The van der Waals surface area contributed by atoms with Gasteiger partial charge < -0.3 is 10.1 Å². The van der Waals surface area contributed by atoms with Gasteiger partial charge in [0.05, 0.1) is 17.6 Å². The number of rotatable bonds is 4. The molecule has 1 fully saturated rings. The Bertz CT molecular complexity index is 689. The SMILES string of the molecule is COC(=O)c1ccc(F)cc1S(=O)(=O)NC1CNC(=O)C1. The van der Waals surface area contributed by atoms with Crippen molar-refractivity contribution < 1.29 is 27.1 Å². The summed E-state index contributed by atoms with van der Waals surface area (Å²) < 4.78 is 44.6. The van der Waals surface area contributed by atoms with E-state index in [0.29, 0.717) is 0 Å². The first-order chi connectivity index (χ1) is 9.83. The molecular formula is C12H13FN2O5S. The molecule has 1 aromatic rings. The van der Waals surface area contributed by atoms with Crippen LogP contribution < -0.4 is 10.0 Å². The molecular weight excluding hydrogens is 303 g/mol. The molecule has 2 N–H and O–H groups in total. The lowest BCUT2D eigenvalue weighted by molar-refractivity contribution is -0.119. The number of benzene rings is 1. The lowest BCUT2D eigenvalue weighted by Gasteiger charge is -2.13. The van der Waals surface area contributed by atoms with Gasteiger partial charge in [-0.3, -0.25) is 4.79 Å². The minimum atomic E-state index is -4.16. The summed E-state index contributed by atoms with van der Waals surface area (Å²) in [7, 11) is -3.07. The van der Waals surface area contributed by atoms with Gasteiger partial charge in [0.15, 0.2) is 0 Å². The van der Waals surface area contributed by atoms with Crippen LogP contribution >= 0.6 is 0 Å². The van der Waals surface area contributed by atoms with Crippen LogP contribution in [0.4, 0.5) is 4.39 Å². The quantitative estimate of drug-likeness (QED) is 0.748. The number of carbonyl (C=O) groups excluding carboxylic acids is 2. The number of halogens is 1. The number of hydrogen-bond donors (Lipinski definition) is 2. The predicted octanol–water partition coefficient (Wildman–Crippen LogP) is -0.221. The molecule has 9 heteroatoms. The number of nitrogens with one attached hydrogen (secondary N) is 2. The van der Waals surface area contributed by atoms with Crippen LogP contribution in [0.15, 0.2) is 23.1 Å². The van der Waals surface area contributed by atoms with E-state index in [1.54, 1.807) is 0 Å². The number of methoxy groups -OCH3 is 1. The fraction of sp³-hybridized carbons (Fsp3) is 0.333. The van der Waals surface area contributed by atoms with E-state index in [4.69, 9.17) is 0 Å². The zero-order valence-corrected chi connectivity index (χ0v) is 11.9. The van der Waals surface area contributed by atoms with Gasteiger partial charge in [0.1, 0.15) is 5.82 Å². The molecule has 7 nitrogen and oxygen atoms in total. The zero-order valence-electron chi connectivity index (χ0n) is 11.1. The van der Waals surface area contributed by atoms with Crippen molar-refractivity contribution in [1.82, 2.24) is 10.0 Å². The Balaban J connectivity index is 2.36. The number of esters is 1. The Morgan fingerprint density at radius 2 is 2.19 bits per heavy atom. The van der Waals surface area contributed by atoms with Crippen LogP contribution in [-0.4, -0.2) is 40.0 Å². The van der Waals surface area contributed by atoms with E-state index in [0.717, 1.165) is 25.3 Å². The molecule has 1 unspecified atom stereocenters. The predicted molar refractivity (Wildman–Crippen MR) is 69.5 cm³/mol. The molecule has 0 radical (unpaired) electrons. The maximum absolute atomic E-state index is 13.3. The topological polar surface area (TPSA) is 102 Å². The first kappa shape index (κ1) is 15.4. The molecule has 1 aliphatic heterocycles. The fourth-order valence-electron chi connectivity index (χ4n) is 1.97. The number of sulfonamides is 1. The Morgan fingerprint density at radius 1 is 1.48 bits per heavy atom. The zero-order chi connectivity index (χ0) is 15.6. The Morgan fingerprint density at radius 3 is 2.76 bits per heavy atom. The van der Waals surface area contributed by atoms with E-state index < -0.39 is 32.7 Å². The molecule has 1 aliphatic rings. The van der Waals surface area contributed by atoms with Gasteiger partial charge in [-0.1, -0.05) is 0 Å². The summed E-state index contributed by atoms with van der Waals surface area (Å²) in [5.74, 6) is -1.98. The Kier molecular flexibility index (Phi) is 4.24. The van der Waals surface area contributed by atoms with Gasteiger partial charge in [-0.05, 0) is 18.2 Å². The van der Waals surface area contributed by atoms with E-state index in [2.05, 4.69) is 14.8 Å². The fourth-order valence-corrected chi connectivity index (χ4v) is 3.41. The summed E-state index contributed by atoms with van der Waals surface area (Å²) in [6, 6.07) is 2.09. The highest BCUT2D eigenvalue weighted by molar-refractivity contribution is 7.89. The second-order valence-electron chi connectivity index (χ2n) is 4.46. The van der Waals surface area contributed by atoms with Crippen molar-refractivity contribution in [1.29, 1.82) is 0 Å². The highest BCUT2D eigenvalue weighted by atomic mass is 32.2. The van der Waals surface area contributed by atoms with Gasteiger partial charge in [-0.25, -0.2) is 22.3 Å². The molecule has 0 bridgehead atoms. The van der Waals surface area contributed by atoms with E-state index in [1.807, 2.05) is 0 Å². The molecule has 0 aliphatic carbocycles. The molecule has 1 aromatic carbocycles. The molecule has 1 amide bonds. The third kappa shape index (κ3) is 3.37. The summed E-state index contributed by atoms with van der Waals surface area (Å²) in [6.45, 7) is 0.140. The van der Waals surface area contributed by atoms with Crippen LogP contribution in [0.5, 0.6) is 0 Å². The van der Waals surface area contributed by atoms with Gasteiger partial charge in [0.2, 0.25) is 15.9 Å². The molecule has 2 rings (SSSR count). The van der Waals surface area contributed by atoms with Crippen molar-refractivity contribution in [3.63, 3.8) is 0 Å². The highest BCUT2D eigenvalue weighted by Gasteiger charge is 2.30. The third-order valence-corrected chi connectivity index (χ3v) is 4.50. The van der Waals surface area contributed by atoms with Crippen molar-refractivity contribution >= 4 is 21.9 Å². The minimum absolute atomic E-state index is 0.0118. The summed E-state index contributed by atoms with van der Waals surface area (Å²) in [5, 5.41) is 2.47. The average molecular weight is 316 g/mol. The van der Waals surface area contributed by atoms with E-state index in [1.165, 1.54) is 0 Å². The van der Waals surface area contributed by atoms with E-state index in [-0.39, 0.29) is 24.4 Å². The normalized spacial score (nSPS) is 18.4. The number of carbonyl (C=O) groups is 2. The lowest BCUT2D eigenvalue weighted by atomic mass is 10.2. The first-order valence-electron chi connectivity index (χ1n) is 6.00. The molecule has 1 saturated heterocycles. The van der Waals surface area contributed by atoms with Crippen LogP contribution in [0.1, 0.15) is 16.8 Å². The standard InChI is InChI=1S/C12H13FN2O5S/c1-20-12(17)9-3-2-7(13)4-10(9)21(18,19)15-8-5-11(16)14-6-8/h2-4,8,15H,5-6H2,1H3,(H,14,16). The van der Waals surface area contributed by atoms with Gasteiger partial charge in [0, 0.05) is 19.0 Å². The van der Waals surface area contributed by atoms with Crippen molar-refractivity contribution in [2.75, 3.05) is 13.7 Å². The smallest absolute Gasteiger partial charge is 0.339 e. The molecule has 114 valence electrons. The second-order valence-corrected chi connectivity index (χ2v) is 6.14. The number of amides is 1. The molecule has 0 aromatic heterocycles. The summed E-state index contributed by atoms with van der Waals surface area (Å²) in [4.78, 5) is 22.1. The summed E-state index contributed by atoms with van der Waals surface area (Å²) in [6.07, 6.45) is -0.0118. The Hall–Kier alpha value is -2.00. The highest BCUT2D eigenvalue weighted by Crippen LogP contribution is 2.19. The van der Waals surface area contributed by atoms with E-state index >= 15 is 0 Å². The molecule has 0 spiro atoms. The molecule has 21 heavy (non-hydrogen) atoms. The van der Waals surface area contributed by atoms with Crippen molar-refractivity contribution in [3.05, 3.63) is 29.6 Å². The molecule has 1 atom stereocenters. The van der Waals surface area contributed by atoms with Crippen molar-refractivity contribution in [3.8, 4) is 0 Å². The largest absolute Gasteiger partial charge is 0.465 e. The molecule has 0 saturated carbocycles. The minimum Gasteiger partial charge on any atom is -0.465 e. The number of ether oxygens (including phenoxy) is 1.